The van der Waals surface area contributed by atoms with Crippen molar-refractivity contribution < 1.29 is 27.3 Å². The van der Waals surface area contributed by atoms with Crippen molar-refractivity contribution in [3.63, 3.8) is 0 Å². The summed E-state index contributed by atoms with van der Waals surface area (Å²) in [5.41, 5.74) is -0.410. The van der Waals surface area contributed by atoms with Crippen LogP contribution < -0.4 is 10.1 Å². The van der Waals surface area contributed by atoms with Gasteiger partial charge in [-0.3, -0.25) is 20.2 Å². The highest BCUT2D eigenvalue weighted by Crippen LogP contribution is 2.34. The molecule has 12 nitrogen and oxygen atoms in total. The third kappa shape index (κ3) is 5.70. The van der Waals surface area contributed by atoms with E-state index in [-0.39, 0.29) is 33.5 Å². The van der Waals surface area contributed by atoms with E-state index in [2.05, 4.69) is 14.7 Å². The summed E-state index contributed by atoms with van der Waals surface area (Å²) in [7, 11) is -3.72. The average molecular weight is 518 g/mol. The van der Waals surface area contributed by atoms with Gasteiger partial charge in [0.15, 0.2) is 0 Å². The molecule has 0 radical (unpaired) electrons. The molecule has 3 aromatic rings. The Morgan fingerprint density at radius 3 is 2.74 bits per heavy atom. The highest BCUT2D eigenvalue weighted by molar-refractivity contribution is 7.91. The number of nitrogens with one attached hydrogen (secondary N) is 1. The molecule has 182 valence electrons. The predicted octanol–water partition coefficient (Wildman–Crippen LogP) is 3.83. The number of furan rings is 1. The molecule has 0 aliphatic rings. The first-order valence-corrected chi connectivity index (χ1v) is 12.4. The summed E-state index contributed by atoms with van der Waals surface area (Å²) in [5.74, 6) is -0.284. The summed E-state index contributed by atoms with van der Waals surface area (Å²) in [6.07, 6.45) is 1.14. The molecule has 0 aliphatic carbocycles. The molecule has 0 saturated carbocycles. The van der Waals surface area contributed by atoms with E-state index in [4.69, 9.17) is 9.15 Å². The number of nitro benzene ring substituents is 1. The number of anilines is 1. The molecule has 1 amide bonds. The van der Waals surface area contributed by atoms with Crippen LogP contribution in [0.4, 0.5) is 10.8 Å². The number of sulfone groups is 1. The number of hydrogen-bond acceptors (Lipinski definition) is 11. The standard InChI is InChI=1S/C21H19N5O7S2/c1-4-32-14-5-7-16(17(10-14)26(28)29)18-8-6-15(33-18)9-13(11-22)19(27)23-20-24-21(25-34-20)35(30,31)12(2)3/h5-10,12H,4H2,1-3H3,(H,23,24,25,27). The van der Waals surface area contributed by atoms with Crippen molar-refractivity contribution >= 4 is 44.2 Å². The van der Waals surface area contributed by atoms with Crippen LogP contribution in [0.15, 0.2) is 45.5 Å². The summed E-state index contributed by atoms with van der Waals surface area (Å²) in [5, 5.41) is 22.0. The fourth-order valence-electron chi connectivity index (χ4n) is 2.74. The molecule has 35 heavy (non-hydrogen) atoms. The van der Waals surface area contributed by atoms with Crippen LogP contribution in [0, 0.1) is 21.4 Å². The number of aromatic nitrogens is 2. The van der Waals surface area contributed by atoms with Gasteiger partial charge in [0.05, 0.1) is 28.4 Å². The van der Waals surface area contributed by atoms with E-state index in [9.17, 15) is 28.6 Å². The number of nitriles is 1. The Labute approximate surface area is 204 Å². The molecular weight excluding hydrogens is 498 g/mol. The van der Waals surface area contributed by atoms with Crippen LogP contribution in [0.2, 0.25) is 0 Å². The first kappa shape index (κ1) is 25.5. The summed E-state index contributed by atoms with van der Waals surface area (Å²) in [6, 6.07) is 8.96. The lowest BCUT2D eigenvalue weighted by atomic mass is 10.1. The van der Waals surface area contributed by atoms with E-state index >= 15 is 0 Å². The average Bonchev–Trinajstić information content (AvgIpc) is 3.47. The second-order valence-corrected chi connectivity index (χ2v) is 10.3. The van der Waals surface area contributed by atoms with Gasteiger partial charge < -0.3 is 9.15 Å². The van der Waals surface area contributed by atoms with Gasteiger partial charge >= 0.3 is 0 Å². The predicted molar refractivity (Wildman–Crippen MR) is 126 cm³/mol. The van der Waals surface area contributed by atoms with Crippen LogP contribution in [-0.4, -0.2) is 40.5 Å². The van der Waals surface area contributed by atoms with Gasteiger partial charge in [0.1, 0.15) is 28.9 Å². The molecule has 2 aromatic heterocycles. The number of carbonyl (C=O) groups excluding carboxylic acids is 1. The number of hydrogen-bond donors (Lipinski definition) is 1. The number of amides is 1. The van der Waals surface area contributed by atoms with Crippen molar-refractivity contribution in [2.45, 2.75) is 31.2 Å². The molecule has 0 saturated heterocycles. The number of benzene rings is 1. The van der Waals surface area contributed by atoms with Crippen molar-refractivity contribution in [1.82, 2.24) is 9.36 Å². The van der Waals surface area contributed by atoms with Crippen LogP contribution >= 0.6 is 11.5 Å². The first-order valence-electron chi connectivity index (χ1n) is 10.1. The molecule has 0 fully saturated rings. The molecule has 1 N–H and O–H groups in total. The minimum Gasteiger partial charge on any atom is -0.494 e. The Morgan fingerprint density at radius 2 is 2.11 bits per heavy atom. The molecule has 0 aliphatic heterocycles. The Morgan fingerprint density at radius 1 is 1.37 bits per heavy atom. The molecule has 1 aromatic carbocycles. The summed E-state index contributed by atoms with van der Waals surface area (Å²) < 4.78 is 38.9. The third-order valence-electron chi connectivity index (χ3n) is 4.52. The van der Waals surface area contributed by atoms with Crippen molar-refractivity contribution in [1.29, 1.82) is 5.26 Å². The van der Waals surface area contributed by atoms with E-state index in [0.717, 1.165) is 6.08 Å². The van der Waals surface area contributed by atoms with Gasteiger partial charge in [0.25, 0.3) is 16.8 Å². The molecule has 0 unspecified atom stereocenters. The molecular formula is C21H19N5O7S2. The summed E-state index contributed by atoms with van der Waals surface area (Å²) in [6.45, 7) is 5.05. The van der Waals surface area contributed by atoms with Crippen LogP contribution in [0.5, 0.6) is 5.75 Å². The highest BCUT2D eigenvalue weighted by Gasteiger charge is 2.25. The van der Waals surface area contributed by atoms with Crippen LogP contribution in [0.3, 0.4) is 0 Å². The fraction of sp³-hybridized carbons (Fsp3) is 0.238. The van der Waals surface area contributed by atoms with Crippen molar-refractivity contribution in [2.75, 3.05) is 11.9 Å². The van der Waals surface area contributed by atoms with E-state index in [1.54, 1.807) is 19.1 Å². The van der Waals surface area contributed by atoms with Gasteiger partial charge in [0, 0.05) is 17.6 Å². The van der Waals surface area contributed by atoms with Gasteiger partial charge in [-0.25, -0.2) is 8.42 Å². The van der Waals surface area contributed by atoms with Crippen LogP contribution in [0.1, 0.15) is 26.5 Å². The smallest absolute Gasteiger partial charge is 0.284 e. The third-order valence-corrected chi connectivity index (χ3v) is 7.20. The maximum Gasteiger partial charge on any atom is 0.284 e. The molecule has 14 heteroatoms. The molecule has 2 heterocycles. The second kappa shape index (κ2) is 10.5. The maximum atomic E-state index is 12.5. The number of ether oxygens (including phenoxy) is 1. The minimum absolute atomic E-state index is 0.0928. The SMILES string of the molecule is CCOc1ccc(-c2ccc(C=C(C#N)C(=O)Nc3nc(S(=O)(=O)C(C)C)ns3)o2)c([N+](=O)[O-])c1. The van der Waals surface area contributed by atoms with Gasteiger partial charge in [-0.1, -0.05) is 0 Å². The zero-order valence-corrected chi connectivity index (χ0v) is 20.3. The molecule has 0 atom stereocenters. The lowest BCUT2D eigenvalue weighted by Gasteiger charge is -2.05. The normalized spacial score (nSPS) is 11.8. The summed E-state index contributed by atoms with van der Waals surface area (Å²) >= 11 is 0.660. The molecule has 0 spiro atoms. The van der Waals surface area contributed by atoms with E-state index in [1.807, 2.05) is 0 Å². The number of nitro groups is 1. The second-order valence-electron chi connectivity index (χ2n) is 7.17. The zero-order chi connectivity index (χ0) is 25.8. The quantitative estimate of drug-likeness (QED) is 0.190. The fourth-order valence-corrected chi connectivity index (χ4v) is 4.44. The monoisotopic (exact) mass is 517 g/mol. The Bertz CT molecular complexity index is 1450. The van der Waals surface area contributed by atoms with E-state index in [1.165, 1.54) is 38.1 Å². The van der Waals surface area contributed by atoms with E-state index < -0.39 is 31.1 Å². The Balaban J connectivity index is 1.84. The van der Waals surface area contributed by atoms with Gasteiger partial charge in [0.2, 0.25) is 15.0 Å². The Kier molecular flexibility index (Phi) is 7.62. The number of rotatable bonds is 9. The molecule has 3 rings (SSSR count). The van der Waals surface area contributed by atoms with Gasteiger partial charge in [-0.15, -0.1) is 0 Å². The van der Waals surface area contributed by atoms with Crippen molar-refractivity contribution in [3.05, 3.63) is 51.8 Å². The lowest BCUT2D eigenvalue weighted by Crippen LogP contribution is -2.16. The minimum atomic E-state index is -3.72. The first-order chi connectivity index (χ1) is 16.6. The van der Waals surface area contributed by atoms with Crippen LogP contribution in [0.25, 0.3) is 17.4 Å². The number of carbonyl (C=O) groups is 1. The number of nitrogens with zero attached hydrogens (tertiary/aromatic N) is 4. The topological polar surface area (TPSA) is 178 Å². The highest BCUT2D eigenvalue weighted by atomic mass is 32.2. The Hall–Kier alpha value is -4.09. The van der Waals surface area contributed by atoms with Crippen molar-refractivity contribution in [2.24, 2.45) is 0 Å². The zero-order valence-electron chi connectivity index (χ0n) is 18.7. The maximum absolute atomic E-state index is 12.5. The van der Waals surface area contributed by atoms with Gasteiger partial charge in [-0.2, -0.15) is 14.6 Å². The van der Waals surface area contributed by atoms with Gasteiger partial charge in [-0.05, 0) is 45.0 Å². The van der Waals surface area contributed by atoms with Crippen LogP contribution in [-0.2, 0) is 14.6 Å². The summed E-state index contributed by atoms with van der Waals surface area (Å²) in [4.78, 5) is 27.2. The van der Waals surface area contributed by atoms with Crippen molar-refractivity contribution in [3.8, 4) is 23.1 Å². The lowest BCUT2D eigenvalue weighted by molar-refractivity contribution is -0.384. The molecule has 0 bridgehead atoms. The largest absolute Gasteiger partial charge is 0.494 e. The van der Waals surface area contributed by atoms with E-state index in [0.29, 0.717) is 23.9 Å².